The molecular formula is C14H19BrN2O3S. The summed E-state index contributed by atoms with van der Waals surface area (Å²) in [6.07, 6.45) is 3.14. The molecule has 0 heterocycles. The highest BCUT2D eigenvalue weighted by Crippen LogP contribution is 2.29. The Balaban J connectivity index is 1.91. The molecule has 116 valence electrons. The highest BCUT2D eigenvalue weighted by molar-refractivity contribution is 9.10. The van der Waals surface area contributed by atoms with E-state index in [1.165, 1.54) is 10.6 Å². The van der Waals surface area contributed by atoms with Gasteiger partial charge < -0.3 is 5.32 Å². The van der Waals surface area contributed by atoms with Crippen LogP contribution in [0.2, 0.25) is 0 Å². The van der Waals surface area contributed by atoms with Crippen molar-refractivity contribution in [2.75, 3.05) is 18.1 Å². The number of benzene rings is 1. The van der Waals surface area contributed by atoms with Crippen molar-refractivity contribution in [1.29, 1.82) is 0 Å². The van der Waals surface area contributed by atoms with Crippen molar-refractivity contribution in [2.24, 2.45) is 0 Å². The fraction of sp³-hybridized carbons (Fsp3) is 0.500. The highest BCUT2D eigenvalue weighted by atomic mass is 79.9. The number of amides is 1. The lowest BCUT2D eigenvalue weighted by molar-refractivity contribution is -0.116. The summed E-state index contributed by atoms with van der Waals surface area (Å²) in [7, 11) is -3.24. The lowest BCUT2D eigenvalue weighted by Gasteiger charge is -2.18. The monoisotopic (exact) mass is 374 g/mol. The number of hydrogen-bond donors (Lipinski definition) is 1. The molecule has 1 aromatic rings. The molecule has 0 aromatic heterocycles. The lowest BCUT2D eigenvalue weighted by atomic mass is 10.2. The Morgan fingerprint density at radius 1 is 1.43 bits per heavy atom. The van der Waals surface area contributed by atoms with Crippen LogP contribution in [0.4, 0.5) is 5.69 Å². The van der Waals surface area contributed by atoms with Crippen molar-refractivity contribution < 1.29 is 13.2 Å². The van der Waals surface area contributed by atoms with Gasteiger partial charge in [0.1, 0.15) is 0 Å². The number of carbonyl (C=O) groups is 1. The normalized spacial score (nSPS) is 15.2. The van der Waals surface area contributed by atoms with Gasteiger partial charge in [0.05, 0.1) is 6.26 Å². The average molecular weight is 375 g/mol. The van der Waals surface area contributed by atoms with Crippen LogP contribution in [0, 0.1) is 6.92 Å². The lowest BCUT2D eigenvalue weighted by Crippen LogP contribution is -2.34. The maximum atomic E-state index is 11.9. The van der Waals surface area contributed by atoms with Crippen LogP contribution in [0.25, 0.3) is 0 Å². The first-order valence-electron chi connectivity index (χ1n) is 6.80. The van der Waals surface area contributed by atoms with E-state index in [9.17, 15) is 13.2 Å². The van der Waals surface area contributed by atoms with Crippen molar-refractivity contribution in [3.05, 3.63) is 28.2 Å². The Hall–Kier alpha value is -0.920. The first-order chi connectivity index (χ1) is 9.77. The first kappa shape index (κ1) is 16.5. The number of aryl methyl sites for hydroxylation is 1. The van der Waals surface area contributed by atoms with Gasteiger partial charge in [0.25, 0.3) is 0 Å². The van der Waals surface area contributed by atoms with E-state index in [-0.39, 0.29) is 24.9 Å². The predicted octanol–water partition coefficient (Wildman–Crippen LogP) is 2.51. The molecule has 0 unspecified atom stereocenters. The third-order valence-electron chi connectivity index (χ3n) is 3.38. The van der Waals surface area contributed by atoms with Crippen molar-refractivity contribution in [3.8, 4) is 0 Å². The number of nitrogens with one attached hydrogen (secondary N) is 1. The number of anilines is 1. The maximum Gasteiger partial charge on any atom is 0.225 e. The summed E-state index contributed by atoms with van der Waals surface area (Å²) in [6.45, 7) is 2.18. The van der Waals surface area contributed by atoms with Crippen LogP contribution in [-0.4, -0.2) is 37.5 Å². The third-order valence-corrected chi connectivity index (χ3v) is 5.60. The van der Waals surface area contributed by atoms with Gasteiger partial charge in [-0.05, 0) is 43.5 Å². The molecule has 0 aliphatic heterocycles. The second-order valence-corrected chi connectivity index (χ2v) is 8.16. The number of carbonyl (C=O) groups excluding carboxylic acids is 1. The average Bonchev–Trinajstić information content (AvgIpc) is 3.17. The summed E-state index contributed by atoms with van der Waals surface area (Å²) in [6, 6.07) is 5.64. The van der Waals surface area contributed by atoms with Gasteiger partial charge in [0.2, 0.25) is 15.9 Å². The summed E-state index contributed by atoms with van der Waals surface area (Å²) < 4.78 is 25.7. The zero-order valence-electron chi connectivity index (χ0n) is 12.1. The van der Waals surface area contributed by atoms with E-state index in [4.69, 9.17) is 0 Å². The zero-order valence-corrected chi connectivity index (χ0v) is 14.5. The first-order valence-corrected chi connectivity index (χ1v) is 9.44. The van der Waals surface area contributed by atoms with Crippen LogP contribution >= 0.6 is 15.9 Å². The predicted molar refractivity (Wildman–Crippen MR) is 86.7 cm³/mol. The second-order valence-electron chi connectivity index (χ2n) is 5.37. The number of nitrogens with zero attached hydrogens (tertiary/aromatic N) is 1. The Kier molecular flexibility index (Phi) is 5.06. The fourth-order valence-corrected chi connectivity index (χ4v) is 3.56. The molecule has 0 bridgehead atoms. The number of halogens is 1. The molecule has 1 amide bonds. The molecule has 1 aliphatic carbocycles. The molecule has 0 radical (unpaired) electrons. The Labute approximate surface area is 133 Å². The van der Waals surface area contributed by atoms with Crippen LogP contribution in [0.15, 0.2) is 22.7 Å². The van der Waals surface area contributed by atoms with Crippen LogP contribution in [0.1, 0.15) is 24.8 Å². The molecule has 0 saturated heterocycles. The van der Waals surface area contributed by atoms with Gasteiger partial charge >= 0.3 is 0 Å². The minimum absolute atomic E-state index is 0.0859. The van der Waals surface area contributed by atoms with Gasteiger partial charge in [-0.25, -0.2) is 8.42 Å². The second kappa shape index (κ2) is 6.46. The minimum atomic E-state index is -3.24. The molecule has 21 heavy (non-hydrogen) atoms. The molecule has 1 aliphatic rings. The molecule has 0 atom stereocenters. The number of hydrogen-bond acceptors (Lipinski definition) is 3. The SMILES string of the molecule is Cc1cc(NC(=O)CCN(C2CC2)S(C)(=O)=O)ccc1Br. The van der Waals surface area contributed by atoms with Crippen molar-refractivity contribution in [1.82, 2.24) is 4.31 Å². The molecule has 1 fully saturated rings. The summed E-state index contributed by atoms with van der Waals surface area (Å²) in [4.78, 5) is 11.9. The quantitative estimate of drug-likeness (QED) is 0.831. The third kappa shape index (κ3) is 4.79. The van der Waals surface area contributed by atoms with E-state index in [0.717, 1.165) is 28.6 Å². The molecule has 5 nitrogen and oxygen atoms in total. The molecule has 7 heteroatoms. The van der Waals surface area contributed by atoms with Crippen LogP contribution in [0.3, 0.4) is 0 Å². The number of sulfonamides is 1. The number of rotatable bonds is 6. The summed E-state index contributed by atoms with van der Waals surface area (Å²) in [5.41, 5.74) is 1.75. The van der Waals surface area contributed by atoms with Crippen LogP contribution in [0.5, 0.6) is 0 Å². The molecule has 2 rings (SSSR count). The molecule has 1 N–H and O–H groups in total. The van der Waals surface area contributed by atoms with E-state index >= 15 is 0 Å². The van der Waals surface area contributed by atoms with Gasteiger partial charge in [-0.15, -0.1) is 0 Å². The van der Waals surface area contributed by atoms with Crippen LogP contribution < -0.4 is 5.32 Å². The topological polar surface area (TPSA) is 66.5 Å². The van der Waals surface area contributed by atoms with Crippen molar-refractivity contribution in [2.45, 2.75) is 32.2 Å². The van der Waals surface area contributed by atoms with Crippen LogP contribution in [-0.2, 0) is 14.8 Å². The van der Waals surface area contributed by atoms with E-state index in [2.05, 4.69) is 21.2 Å². The molecule has 1 saturated carbocycles. The summed E-state index contributed by atoms with van der Waals surface area (Å²) in [5.74, 6) is -0.175. The largest absolute Gasteiger partial charge is 0.326 e. The Bertz CT molecular complexity index is 642. The van der Waals surface area contributed by atoms with Crippen molar-refractivity contribution in [3.63, 3.8) is 0 Å². The van der Waals surface area contributed by atoms with Gasteiger partial charge in [0, 0.05) is 29.2 Å². The maximum absolute atomic E-state index is 11.9. The van der Waals surface area contributed by atoms with Crippen molar-refractivity contribution >= 4 is 37.5 Å². The molecule has 1 aromatic carbocycles. The van der Waals surface area contributed by atoms with Gasteiger partial charge in [-0.3, -0.25) is 4.79 Å². The Morgan fingerprint density at radius 2 is 2.10 bits per heavy atom. The van der Waals surface area contributed by atoms with E-state index in [1.807, 2.05) is 25.1 Å². The van der Waals surface area contributed by atoms with Gasteiger partial charge in [-0.2, -0.15) is 4.31 Å². The summed E-state index contributed by atoms with van der Waals surface area (Å²) in [5, 5.41) is 2.79. The van der Waals surface area contributed by atoms with E-state index in [1.54, 1.807) is 0 Å². The highest BCUT2D eigenvalue weighted by Gasteiger charge is 2.34. The standard InChI is InChI=1S/C14H19BrN2O3S/c1-10-9-11(3-6-13(10)15)16-14(18)7-8-17(12-4-5-12)21(2,19)20/h3,6,9,12H,4-5,7-8H2,1-2H3,(H,16,18). The summed E-state index contributed by atoms with van der Waals surface area (Å²) >= 11 is 3.40. The van der Waals surface area contributed by atoms with Gasteiger partial charge in [-0.1, -0.05) is 15.9 Å². The fourth-order valence-electron chi connectivity index (χ4n) is 2.14. The van der Waals surface area contributed by atoms with E-state index in [0.29, 0.717) is 0 Å². The zero-order chi connectivity index (χ0) is 15.6. The van der Waals surface area contributed by atoms with Gasteiger partial charge in [0.15, 0.2) is 0 Å². The minimum Gasteiger partial charge on any atom is -0.326 e. The Morgan fingerprint density at radius 3 is 2.62 bits per heavy atom. The molecular weight excluding hydrogens is 356 g/mol. The molecule has 0 spiro atoms. The smallest absolute Gasteiger partial charge is 0.225 e. The van der Waals surface area contributed by atoms with E-state index < -0.39 is 10.0 Å².